The predicted octanol–water partition coefficient (Wildman–Crippen LogP) is 2.33. The molecule has 5 rings (SSSR count). The highest BCUT2D eigenvalue weighted by atomic mass is 32.2. The van der Waals surface area contributed by atoms with E-state index in [1.54, 1.807) is 16.4 Å². The third kappa shape index (κ3) is 6.13. The van der Waals surface area contributed by atoms with Crippen LogP contribution in [0.5, 0.6) is 0 Å². The van der Waals surface area contributed by atoms with E-state index in [0.29, 0.717) is 30.7 Å². The van der Waals surface area contributed by atoms with E-state index in [1.165, 1.54) is 16.7 Å². The first-order valence-corrected chi connectivity index (χ1v) is 15.5. The lowest BCUT2D eigenvalue weighted by atomic mass is 9.96. The van der Waals surface area contributed by atoms with Crippen molar-refractivity contribution in [2.45, 2.75) is 70.4 Å². The molecule has 4 aliphatic rings. The van der Waals surface area contributed by atoms with Crippen LogP contribution in [0.15, 0.2) is 33.5 Å². The number of allylic oxidation sites excluding steroid dienone is 1. The van der Waals surface area contributed by atoms with Gasteiger partial charge in [-0.05, 0) is 49.2 Å². The van der Waals surface area contributed by atoms with E-state index < -0.39 is 29.2 Å². The number of thiazole rings is 1. The Hall–Kier alpha value is -3.39. The number of β-lactam (4-membered cyclic amide) rings is 1. The summed E-state index contributed by atoms with van der Waals surface area (Å²) >= 11 is 2.48. The van der Waals surface area contributed by atoms with Gasteiger partial charge in [-0.1, -0.05) is 25.9 Å². The van der Waals surface area contributed by atoms with Crippen LogP contribution in [-0.2, 0) is 24.0 Å². The van der Waals surface area contributed by atoms with Crippen molar-refractivity contribution >= 4 is 57.6 Å². The second-order valence-electron chi connectivity index (χ2n) is 11.8. The molecule has 3 aliphatic heterocycles. The fourth-order valence-electron chi connectivity index (χ4n) is 5.42. The monoisotopic (exact) mass is 602 g/mol. The van der Waals surface area contributed by atoms with Gasteiger partial charge in [0, 0.05) is 29.8 Å². The largest absolute Gasteiger partial charge is 0.477 e. The van der Waals surface area contributed by atoms with Gasteiger partial charge >= 0.3 is 5.97 Å². The number of nitrogen functional groups attached to an aromatic ring is 1. The van der Waals surface area contributed by atoms with E-state index in [0.717, 1.165) is 37.0 Å². The number of fused-ring (bicyclic) bond motifs is 1. The van der Waals surface area contributed by atoms with Crippen LogP contribution in [0.25, 0.3) is 0 Å². The molecule has 1 saturated carbocycles. The van der Waals surface area contributed by atoms with Crippen LogP contribution in [0.4, 0.5) is 5.13 Å². The zero-order chi connectivity index (χ0) is 29.5. The summed E-state index contributed by atoms with van der Waals surface area (Å²) in [6.07, 6.45) is 5.78. The summed E-state index contributed by atoms with van der Waals surface area (Å²) in [5.74, 6) is -2.31. The number of carbonyl (C=O) groups excluding carboxylic acids is 3. The van der Waals surface area contributed by atoms with Gasteiger partial charge < -0.3 is 25.9 Å². The molecule has 1 aromatic rings. The maximum absolute atomic E-state index is 13.3. The van der Waals surface area contributed by atoms with Crippen molar-refractivity contribution < 1.29 is 29.1 Å². The highest BCUT2D eigenvalue weighted by Crippen LogP contribution is 2.41. The van der Waals surface area contributed by atoms with Crippen LogP contribution in [0.1, 0.15) is 58.6 Å². The van der Waals surface area contributed by atoms with Crippen molar-refractivity contribution in [2.75, 3.05) is 24.6 Å². The Morgan fingerprint density at radius 2 is 2.02 bits per heavy atom. The van der Waals surface area contributed by atoms with Gasteiger partial charge in [-0.3, -0.25) is 19.3 Å². The first-order valence-electron chi connectivity index (χ1n) is 13.6. The van der Waals surface area contributed by atoms with Crippen molar-refractivity contribution in [1.82, 2.24) is 20.1 Å². The van der Waals surface area contributed by atoms with Crippen molar-refractivity contribution in [3.8, 4) is 0 Å². The molecular formula is C27H34N6O6S2. The number of hydrogen-bond donors (Lipinski definition) is 3. The van der Waals surface area contributed by atoms with Gasteiger partial charge in [-0.2, -0.15) is 0 Å². The molecule has 2 atom stereocenters. The number of oxime groups is 1. The molecule has 0 unspecified atom stereocenters. The van der Waals surface area contributed by atoms with Crippen molar-refractivity contribution in [2.24, 2.45) is 10.6 Å². The molecule has 1 aromatic heterocycles. The summed E-state index contributed by atoms with van der Waals surface area (Å²) in [4.78, 5) is 64.5. The number of carbonyl (C=O) groups is 4. The fraction of sp³-hybridized carbons (Fsp3) is 0.556. The lowest BCUT2D eigenvalue weighted by molar-refractivity contribution is -0.150. The third-order valence-corrected chi connectivity index (χ3v) is 9.26. The SMILES string of the molecule is CC(C)(C)CN1CCC(=CC2=C(C(=O)O)N3C(=O)[C@@H](NC(=O)C(=NOC4CCCC4)c4csc(N)n4)[C@H]3SC2)C1=O. The summed E-state index contributed by atoms with van der Waals surface area (Å²) in [6, 6.07) is -0.959. The Labute approximate surface area is 246 Å². The van der Waals surface area contributed by atoms with Gasteiger partial charge in [-0.25, -0.2) is 9.78 Å². The molecule has 14 heteroatoms. The number of carboxylic acid groups (broad SMARTS) is 1. The molecule has 4 N–H and O–H groups in total. The highest BCUT2D eigenvalue weighted by Gasteiger charge is 2.54. The number of aromatic nitrogens is 1. The maximum atomic E-state index is 13.3. The fourth-order valence-corrected chi connectivity index (χ4v) is 7.27. The lowest BCUT2D eigenvalue weighted by Gasteiger charge is -2.49. The number of nitrogens with two attached hydrogens (primary N) is 1. The van der Waals surface area contributed by atoms with Crippen molar-refractivity contribution in [3.63, 3.8) is 0 Å². The average molecular weight is 603 g/mol. The Morgan fingerprint density at radius 3 is 2.66 bits per heavy atom. The molecule has 0 bridgehead atoms. The second-order valence-corrected chi connectivity index (χ2v) is 13.8. The molecule has 2 saturated heterocycles. The van der Waals surface area contributed by atoms with Crippen LogP contribution < -0.4 is 11.1 Å². The van der Waals surface area contributed by atoms with Gasteiger partial charge in [0.25, 0.3) is 11.8 Å². The summed E-state index contributed by atoms with van der Waals surface area (Å²) in [5.41, 5.74) is 6.63. The molecule has 0 radical (unpaired) electrons. The molecule has 12 nitrogen and oxygen atoms in total. The molecule has 1 aliphatic carbocycles. The van der Waals surface area contributed by atoms with Gasteiger partial charge in [-0.15, -0.1) is 23.1 Å². The van der Waals surface area contributed by atoms with E-state index in [9.17, 15) is 24.3 Å². The average Bonchev–Trinajstić information content (AvgIpc) is 3.65. The Bertz CT molecular complexity index is 1360. The number of nitrogens with zero attached hydrogens (tertiary/aromatic N) is 4. The predicted molar refractivity (Wildman–Crippen MR) is 155 cm³/mol. The van der Waals surface area contributed by atoms with Crippen LogP contribution in [0.3, 0.4) is 0 Å². The first kappa shape index (κ1) is 29.1. The minimum Gasteiger partial charge on any atom is -0.477 e. The summed E-state index contributed by atoms with van der Waals surface area (Å²) < 4.78 is 0. The molecule has 0 aromatic carbocycles. The number of hydrogen-bond acceptors (Lipinski definition) is 10. The van der Waals surface area contributed by atoms with Gasteiger partial charge in [0.05, 0.1) is 0 Å². The number of carboxylic acids is 1. The van der Waals surface area contributed by atoms with E-state index in [4.69, 9.17) is 10.6 Å². The van der Waals surface area contributed by atoms with Crippen LogP contribution in [-0.4, -0.2) is 85.7 Å². The summed E-state index contributed by atoms with van der Waals surface area (Å²) in [6.45, 7) is 7.34. The van der Waals surface area contributed by atoms with E-state index in [1.807, 2.05) is 0 Å². The third-order valence-electron chi connectivity index (χ3n) is 7.29. The number of nitrogens with one attached hydrogen (secondary N) is 1. The summed E-state index contributed by atoms with van der Waals surface area (Å²) in [5, 5.41) is 18.1. The number of likely N-dealkylation sites (tertiary alicyclic amines) is 1. The number of thioether (sulfide) groups is 1. The Balaban J connectivity index is 1.32. The smallest absolute Gasteiger partial charge is 0.352 e. The minimum atomic E-state index is -1.26. The number of anilines is 1. The van der Waals surface area contributed by atoms with Crippen LogP contribution in [0, 0.1) is 5.41 Å². The topological polar surface area (TPSA) is 168 Å². The van der Waals surface area contributed by atoms with Crippen LogP contribution >= 0.6 is 23.1 Å². The minimum absolute atomic E-state index is 0.0622. The zero-order valence-electron chi connectivity index (χ0n) is 23.2. The van der Waals surface area contributed by atoms with Gasteiger partial charge in [0.1, 0.15) is 28.9 Å². The number of amides is 3. The van der Waals surface area contributed by atoms with Crippen molar-refractivity contribution in [1.29, 1.82) is 0 Å². The highest BCUT2D eigenvalue weighted by molar-refractivity contribution is 8.00. The van der Waals surface area contributed by atoms with E-state index in [2.05, 4.69) is 36.2 Å². The molecule has 41 heavy (non-hydrogen) atoms. The molecule has 220 valence electrons. The van der Waals surface area contributed by atoms with Crippen molar-refractivity contribution in [3.05, 3.63) is 34.0 Å². The standard InChI is InChI=1S/C27H34N6O6S2/c1-27(2,3)13-32-9-8-14(22(32)35)10-15-11-40-24-19(23(36)33(24)20(15)25(37)38)30-21(34)18(17-12-41-26(28)29-17)31-39-16-6-4-5-7-16/h10,12,16,19,24H,4-9,11,13H2,1-3H3,(H2,28,29)(H,30,34)(H,37,38)/t19-,24-/m1/s1. The van der Waals surface area contributed by atoms with E-state index >= 15 is 0 Å². The Kier molecular flexibility index (Phi) is 8.15. The Morgan fingerprint density at radius 1 is 1.29 bits per heavy atom. The molecular weight excluding hydrogens is 568 g/mol. The first-order chi connectivity index (χ1) is 19.4. The van der Waals surface area contributed by atoms with Gasteiger partial charge in [0.2, 0.25) is 5.91 Å². The van der Waals surface area contributed by atoms with Crippen LogP contribution in [0.2, 0.25) is 0 Å². The number of aliphatic carboxylic acids is 1. The summed E-state index contributed by atoms with van der Waals surface area (Å²) in [7, 11) is 0. The molecule has 0 spiro atoms. The molecule has 3 amide bonds. The number of rotatable bonds is 8. The molecule has 3 fully saturated rings. The van der Waals surface area contributed by atoms with E-state index in [-0.39, 0.29) is 45.4 Å². The second kappa shape index (κ2) is 11.5. The molecule has 4 heterocycles. The normalized spacial score (nSPS) is 24.7. The van der Waals surface area contributed by atoms with Gasteiger partial charge in [0.15, 0.2) is 10.8 Å². The quantitative estimate of drug-likeness (QED) is 0.175. The zero-order valence-corrected chi connectivity index (χ0v) is 24.8. The maximum Gasteiger partial charge on any atom is 0.352 e. The lowest BCUT2D eigenvalue weighted by Crippen LogP contribution is -2.71.